The molecule has 1 heterocycles. The van der Waals surface area contributed by atoms with E-state index in [0.29, 0.717) is 23.6 Å². The van der Waals surface area contributed by atoms with Gasteiger partial charge in [-0.1, -0.05) is 0 Å². The SMILES string of the molecule is COc1ccc(C(=O)NCCCCn2ccnc2)cc1OC. The Hall–Kier alpha value is -2.50. The smallest absolute Gasteiger partial charge is 0.251 e. The van der Waals surface area contributed by atoms with Gasteiger partial charge in [0.25, 0.3) is 5.91 Å². The number of aryl methyl sites for hydroxylation is 1. The van der Waals surface area contributed by atoms with E-state index in [-0.39, 0.29) is 5.91 Å². The monoisotopic (exact) mass is 303 g/mol. The molecule has 0 radical (unpaired) electrons. The average molecular weight is 303 g/mol. The number of nitrogens with one attached hydrogen (secondary N) is 1. The van der Waals surface area contributed by atoms with E-state index in [2.05, 4.69) is 10.3 Å². The predicted octanol–water partition coefficient (Wildman–Crippen LogP) is 2.11. The van der Waals surface area contributed by atoms with Crippen molar-refractivity contribution in [1.29, 1.82) is 0 Å². The van der Waals surface area contributed by atoms with Crippen molar-refractivity contribution < 1.29 is 14.3 Å². The van der Waals surface area contributed by atoms with Crippen LogP contribution in [0.4, 0.5) is 0 Å². The van der Waals surface area contributed by atoms with Crippen molar-refractivity contribution in [2.45, 2.75) is 19.4 Å². The molecule has 0 aliphatic heterocycles. The molecule has 118 valence electrons. The molecular formula is C16H21N3O3. The van der Waals surface area contributed by atoms with Crippen LogP contribution in [0.3, 0.4) is 0 Å². The van der Waals surface area contributed by atoms with Gasteiger partial charge in [0.05, 0.1) is 20.5 Å². The first-order valence-electron chi connectivity index (χ1n) is 7.20. The Kier molecular flexibility index (Phi) is 5.82. The number of hydrogen-bond donors (Lipinski definition) is 1. The summed E-state index contributed by atoms with van der Waals surface area (Å²) in [5.41, 5.74) is 0.562. The number of unbranched alkanes of at least 4 members (excludes halogenated alkanes) is 1. The predicted molar refractivity (Wildman–Crippen MR) is 83.3 cm³/mol. The van der Waals surface area contributed by atoms with Crippen LogP contribution in [0.5, 0.6) is 11.5 Å². The molecule has 0 aliphatic carbocycles. The first-order chi connectivity index (χ1) is 10.7. The lowest BCUT2D eigenvalue weighted by molar-refractivity contribution is 0.0952. The molecule has 1 aromatic carbocycles. The molecule has 1 N–H and O–H groups in total. The second kappa shape index (κ2) is 8.07. The van der Waals surface area contributed by atoms with Gasteiger partial charge in [-0.05, 0) is 31.0 Å². The van der Waals surface area contributed by atoms with E-state index in [9.17, 15) is 4.79 Å². The molecule has 0 fully saturated rings. The summed E-state index contributed by atoms with van der Waals surface area (Å²) < 4.78 is 12.4. The zero-order valence-corrected chi connectivity index (χ0v) is 12.9. The van der Waals surface area contributed by atoms with Crippen molar-refractivity contribution in [2.24, 2.45) is 0 Å². The van der Waals surface area contributed by atoms with Gasteiger partial charge >= 0.3 is 0 Å². The van der Waals surface area contributed by atoms with Crippen LogP contribution in [0.2, 0.25) is 0 Å². The molecule has 0 bridgehead atoms. The van der Waals surface area contributed by atoms with Crippen LogP contribution in [-0.2, 0) is 6.54 Å². The van der Waals surface area contributed by atoms with Gasteiger partial charge in [0.2, 0.25) is 0 Å². The van der Waals surface area contributed by atoms with Crippen molar-refractivity contribution in [2.75, 3.05) is 20.8 Å². The molecule has 0 saturated heterocycles. The molecule has 22 heavy (non-hydrogen) atoms. The number of benzene rings is 1. The Balaban J connectivity index is 1.77. The Morgan fingerprint density at radius 2 is 2.05 bits per heavy atom. The number of hydrogen-bond acceptors (Lipinski definition) is 4. The van der Waals surface area contributed by atoms with Gasteiger partial charge in [-0.2, -0.15) is 0 Å². The molecular weight excluding hydrogens is 282 g/mol. The van der Waals surface area contributed by atoms with Gasteiger partial charge in [0.1, 0.15) is 0 Å². The molecule has 1 aromatic heterocycles. The van der Waals surface area contributed by atoms with Gasteiger partial charge in [0.15, 0.2) is 11.5 Å². The Labute approximate surface area is 130 Å². The molecule has 0 atom stereocenters. The number of aromatic nitrogens is 2. The molecule has 0 aliphatic rings. The Bertz CT molecular complexity index is 597. The van der Waals surface area contributed by atoms with E-state index in [1.807, 2.05) is 10.8 Å². The number of amides is 1. The highest BCUT2D eigenvalue weighted by molar-refractivity contribution is 5.94. The quantitative estimate of drug-likeness (QED) is 0.759. The molecule has 0 saturated carbocycles. The topological polar surface area (TPSA) is 65.4 Å². The van der Waals surface area contributed by atoms with Crippen molar-refractivity contribution in [3.8, 4) is 11.5 Å². The van der Waals surface area contributed by atoms with Crippen LogP contribution in [0.15, 0.2) is 36.9 Å². The highest BCUT2D eigenvalue weighted by Crippen LogP contribution is 2.27. The lowest BCUT2D eigenvalue weighted by Gasteiger charge is -2.10. The summed E-state index contributed by atoms with van der Waals surface area (Å²) in [4.78, 5) is 16.1. The second-order valence-corrected chi connectivity index (χ2v) is 4.83. The van der Waals surface area contributed by atoms with Crippen LogP contribution in [0, 0.1) is 0 Å². The van der Waals surface area contributed by atoms with Crippen LogP contribution < -0.4 is 14.8 Å². The fourth-order valence-electron chi connectivity index (χ4n) is 2.12. The third kappa shape index (κ3) is 4.25. The minimum atomic E-state index is -0.108. The van der Waals surface area contributed by atoms with Crippen LogP contribution >= 0.6 is 0 Å². The number of methoxy groups -OCH3 is 2. The van der Waals surface area contributed by atoms with Crippen molar-refractivity contribution in [3.05, 3.63) is 42.5 Å². The van der Waals surface area contributed by atoms with Crippen LogP contribution in [0.1, 0.15) is 23.2 Å². The summed E-state index contributed by atoms with van der Waals surface area (Å²) in [6.07, 6.45) is 7.39. The minimum absolute atomic E-state index is 0.108. The standard InChI is InChI=1S/C16H21N3O3/c1-21-14-6-5-13(11-15(14)22-2)16(20)18-7-3-4-9-19-10-8-17-12-19/h5-6,8,10-12H,3-4,7,9H2,1-2H3,(H,18,20). The maximum atomic E-state index is 12.1. The third-order valence-corrected chi connectivity index (χ3v) is 3.33. The van der Waals surface area contributed by atoms with E-state index >= 15 is 0 Å². The highest BCUT2D eigenvalue weighted by atomic mass is 16.5. The van der Waals surface area contributed by atoms with E-state index in [1.54, 1.807) is 44.9 Å². The molecule has 2 aromatic rings. The van der Waals surface area contributed by atoms with E-state index in [1.165, 1.54) is 0 Å². The van der Waals surface area contributed by atoms with Gasteiger partial charge in [-0.25, -0.2) is 4.98 Å². The summed E-state index contributed by atoms with van der Waals surface area (Å²) in [6.45, 7) is 1.55. The number of nitrogens with zero attached hydrogens (tertiary/aromatic N) is 2. The van der Waals surface area contributed by atoms with Gasteiger partial charge in [-0.3, -0.25) is 4.79 Å². The largest absolute Gasteiger partial charge is 0.493 e. The third-order valence-electron chi connectivity index (χ3n) is 3.33. The summed E-state index contributed by atoms with van der Waals surface area (Å²) in [5.74, 6) is 1.05. The summed E-state index contributed by atoms with van der Waals surface area (Å²) >= 11 is 0. The van der Waals surface area contributed by atoms with Gasteiger partial charge in [-0.15, -0.1) is 0 Å². The van der Waals surface area contributed by atoms with Gasteiger partial charge < -0.3 is 19.4 Å². The molecule has 2 rings (SSSR count). The molecule has 6 nitrogen and oxygen atoms in total. The first kappa shape index (κ1) is 15.9. The zero-order valence-electron chi connectivity index (χ0n) is 12.9. The molecule has 0 spiro atoms. The number of ether oxygens (including phenoxy) is 2. The highest BCUT2D eigenvalue weighted by Gasteiger charge is 2.10. The maximum absolute atomic E-state index is 12.1. The van der Waals surface area contributed by atoms with E-state index in [4.69, 9.17) is 9.47 Å². The van der Waals surface area contributed by atoms with Crippen LogP contribution in [0.25, 0.3) is 0 Å². The average Bonchev–Trinajstić information content (AvgIpc) is 3.07. The molecule has 1 amide bonds. The number of carbonyl (C=O) groups excluding carboxylic acids is 1. The summed E-state index contributed by atoms with van der Waals surface area (Å²) in [5, 5.41) is 2.91. The van der Waals surface area contributed by atoms with Gasteiger partial charge in [0, 0.05) is 31.0 Å². The summed E-state index contributed by atoms with van der Waals surface area (Å²) in [6, 6.07) is 5.13. The lowest BCUT2D eigenvalue weighted by atomic mass is 10.2. The second-order valence-electron chi connectivity index (χ2n) is 4.83. The van der Waals surface area contributed by atoms with Crippen molar-refractivity contribution >= 4 is 5.91 Å². The van der Waals surface area contributed by atoms with Crippen molar-refractivity contribution in [1.82, 2.24) is 14.9 Å². The molecule has 6 heteroatoms. The number of rotatable bonds is 8. The van der Waals surface area contributed by atoms with Crippen LogP contribution in [-0.4, -0.2) is 36.2 Å². The lowest BCUT2D eigenvalue weighted by Crippen LogP contribution is -2.24. The zero-order chi connectivity index (χ0) is 15.8. The summed E-state index contributed by atoms with van der Waals surface area (Å²) in [7, 11) is 3.12. The van der Waals surface area contributed by atoms with E-state index in [0.717, 1.165) is 19.4 Å². The fourth-order valence-corrected chi connectivity index (χ4v) is 2.12. The number of imidazole rings is 1. The normalized spacial score (nSPS) is 10.3. The first-order valence-corrected chi connectivity index (χ1v) is 7.20. The molecule has 0 unspecified atom stereocenters. The maximum Gasteiger partial charge on any atom is 0.251 e. The Morgan fingerprint density at radius 1 is 1.23 bits per heavy atom. The van der Waals surface area contributed by atoms with Crippen molar-refractivity contribution in [3.63, 3.8) is 0 Å². The number of carbonyl (C=O) groups is 1. The minimum Gasteiger partial charge on any atom is -0.493 e. The fraction of sp³-hybridized carbons (Fsp3) is 0.375. The Morgan fingerprint density at radius 3 is 2.73 bits per heavy atom. The van der Waals surface area contributed by atoms with E-state index < -0.39 is 0 Å².